The highest BCUT2D eigenvalue weighted by Crippen LogP contribution is 2.30. The summed E-state index contributed by atoms with van der Waals surface area (Å²) in [5, 5.41) is 3.34. The highest BCUT2D eigenvalue weighted by Gasteiger charge is 2.28. The summed E-state index contributed by atoms with van der Waals surface area (Å²) in [4.78, 5) is 4.85. The fraction of sp³-hybridized carbons (Fsp3) is 0.533. The zero-order valence-corrected chi connectivity index (χ0v) is 11.8. The summed E-state index contributed by atoms with van der Waals surface area (Å²) in [5.41, 5.74) is 2.24. The first-order valence-electron chi connectivity index (χ1n) is 6.99. The first-order chi connectivity index (χ1) is 9.24. The van der Waals surface area contributed by atoms with Crippen molar-refractivity contribution in [3.63, 3.8) is 0 Å². The van der Waals surface area contributed by atoms with Crippen LogP contribution in [-0.2, 0) is 6.54 Å². The smallest absolute Gasteiger partial charge is 0.121 e. The zero-order chi connectivity index (χ0) is 13.4. The SMILES string of the molecule is CCn1c(C(C)C2CNC2)nc2cc(OC)ccc21. The number of aromatic nitrogens is 2. The van der Waals surface area contributed by atoms with Crippen molar-refractivity contribution in [2.75, 3.05) is 20.2 Å². The molecule has 2 aromatic rings. The fourth-order valence-electron chi connectivity index (χ4n) is 2.81. The van der Waals surface area contributed by atoms with E-state index in [0.717, 1.165) is 30.9 Å². The van der Waals surface area contributed by atoms with E-state index in [9.17, 15) is 0 Å². The summed E-state index contributed by atoms with van der Waals surface area (Å²) in [7, 11) is 1.70. The van der Waals surface area contributed by atoms with Crippen molar-refractivity contribution in [2.45, 2.75) is 26.3 Å². The van der Waals surface area contributed by atoms with Gasteiger partial charge in [-0.05, 0) is 38.1 Å². The monoisotopic (exact) mass is 259 g/mol. The first-order valence-corrected chi connectivity index (χ1v) is 6.99. The number of nitrogens with one attached hydrogen (secondary N) is 1. The second kappa shape index (κ2) is 4.85. The molecule has 4 heteroatoms. The maximum Gasteiger partial charge on any atom is 0.121 e. The second-order valence-corrected chi connectivity index (χ2v) is 5.28. The summed E-state index contributed by atoms with van der Waals surface area (Å²) in [6.45, 7) is 7.65. The molecule has 0 aliphatic carbocycles. The molecule has 2 heterocycles. The van der Waals surface area contributed by atoms with Crippen molar-refractivity contribution in [1.29, 1.82) is 0 Å². The molecule has 4 nitrogen and oxygen atoms in total. The molecule has 1 aliphatic rings. The highest BCUT2D eigenvalue weighted by atomic mass is 16.5. The number of aryl methyl sites for hydroxylation is 1. The summed E-state index contributed by atoms with van der Waals surface area (Å²) in [6, 6.07) is 6.15. The van der Waals surface area contributed by atoms with Gasteiger partial charge in [0.2, 0.25) is 0 Å². The Kier molecular flexibility index (Phi) is 3.19. The van der Waals surface area contributed by atoms with Crippen LogP contribution in [0.1, 0.15) is 25.6 Å². The number of benzene rings is 1. The van der Waals surface area contributed by atoms with E-state index in [1.54, 1.807) is 7.11 Å². The van der Waals surface area contributed by atoms with Crippen LogP contribution >= 0.6 is 0 Å². The summed E-state index contributed by atoms with van der Waals surface area (Å²) < 4.78 is 7.62. The third-order valence-electron chi connectivity index (χ3n) is 4.23. The summed E-state index contributed by atoms with van der Waals surface area (Å²) >= 11 is 0. The number of nitrogens with zero attached hydrogens (tertiary/aromatic N) is 2. The molecule has 1 unspecified atom stereocenters. The normalized spacial score (nSPS) is 17.4. The molecule has 0 amide bonds. The molecule has 102 valence electrons. The van der Waals surface area contributed by atoms with Gasteiger partial charge in [0, 0.05) is 18.5 Å². The standard InChI is InChI=1S/C15H21N3O/c1-4-18-14-6-5-12(19-3)7-13(14)17-15(18)10(2)11-8-16-9-11/h5-7,10-11,16H,4,8-9H2,1-3H3. The zero-order valence-electron chi connectivity index (χ0n) is 11.8. The topological polar surface area (TPSA) is 39.1 Å². The van der Waals surface area contributed by atoms with Gasteiger partial charge in [-0.15, -0.1) is 0 Å². The van der Waals surface area contributed by atoms with Gasteiger partial charge in [-0.1, -0.05) is 6.92 Å². The van der Waals surface area contributed by atoms with E-state index >= 15 is 0 Å². The van der Waals surface area contributed by atoms with Crippen LogP contribution in [0.3, 0.4) is 0 Å². The minimum Gasteiger partial charge on any atom is -0.497 e. The molecule has 19 heavy (non-hydrogen) atoms. The Labute approximate surface area is 113 Å². The molecule has 3 rings (SSSR count). The van der Waals surface area contributed by atoms with Crippen molar-refractivity contribution < 1.29 is 4.74 Å². The average Bonchev–Trinajstić information content (AvgIpc) is 2.73. The van der Waals surface area contributed by atoms with Crippen LogP contribution in [0.15, 0.2) is 18.2 Å². The minimum absolute atomic E-state index is 0.500. The lowest BCUT2D eigenvalue weighted by atomic mass is 9.88. The molecule has 1 atom stereocenters. The maximum absolute atomic E-state index is 5.29. The molecule has 0 saturated carbocycles. The number of methoxy groups -OCH3 is 1. The molecule has 1 N–H and O–H groups in total. The molecule has 0 spiro atoms. The predicted molar refractivity (Wildman–Crippen MR) is 76.7 cm³/mol. The Morgan fingerprint density at radius 1 is 1.47 bits per heavy atom. The fourth-order valence-corrected chi connectivity index (χ4v) is 2.81. The number of hydrogen-bond donors (Lipinski definition) is 1. The van der Waals surface area contributed by atoms with Crippen molar-refractivity contribution in [2.24, 2.45) is 5.92 Å². The van der Waals surface area contributed by atoms with Crippen LogP contribution in [0.4, 0.5) is 0 Å². The van der Waals surface area contributed by atoms with Crippen LogP contribution in [0.2, 0.25) is 0 Å². The van der Waals surface area contributed by atoms with Crippen molar-refractivity contribution in [3.05, 3.63) is 24.0 Å². The molecule has 1 fully saturated rings. The lowest BCUT2D eigenvalue weighted by molar-refractivity contribution is 0.292. The highest BCUT2D eigenvalue weighted by molar-refractivity contribution is 5.78. The number of fused-ring (bicyclic) bond motifs is 1. The summed E-state index contributed by atoms with van der Waals surface area (Å²) in [5.74, 6) is 3.29. The Morgan fingerprint density at radius 2 is 2.26 bits per heavy atom. The Bertz CT molecular complexity index is 586. The molecule has 1 saturated heterocycles. The van der Waals surface area contributed by atoms with Gasteiger partial charge in [0.15, 0.2) is 0 Å². The Morgan fingerprint density at radius 3 is 2.84 bits per heavy atom. The Hall–Kier alpha value is -1.55. The van der Waals surface area contributed by atoms with E-state index < -0.39 is 0 Å². The first kappa shape index (κ1) is 12.5. The number of hydrogen-bond acceptors (Lipinski definition) is 3. The van der Waals surface area contributed by atoms with E-state index in [0.29, 0.717) is 11.8 Å². The maximum atomic E-state index is 5.29. The third-order valence-corrected chi connectivity index (χ3v) is 4.23. The number of imidazole rings is 1. The van der Waals surface area contributed by atoms with Gasteiger partial charge in [-0.25, -0.2) is 4.98 Å². The largest absolute Gasteiger partial charge is 0.497 e. The van der Waals surface area contributed by atoms with Crippen LogP contribution < -0.4 is 10.1 Å². The van der Waals surface area contributed by atoms with Gasteiger partial charge >= 0.3 is 0 Å². The van der Waals surface area contributed by atoms with E-state index in [-0.39, 0.29) is 0 Å². The van der Waals surface area contributed by atoms with Crippen LogP contribution in [0.25, 0.3) is 11.0 Å². The lowest BCUT2D eigenvalue weighted by Gasteiger charge is -2.32. The van der Waals surface area contributed by atoms with Gasteiger partial charge in [0.1, 0.15) is 11.6 Å². The molecular weight excluding hydrogens is 238 g/mol. The lowest BCUT2D eigenvalue weighted by Crippen LogP contribution is -2.45. The molecular formula is C15H21N3O. The van der Waals surface area contributed by atoms with Crippen molar-refractivity contribution in [3.8, 4) is 5.75 Å². The van der Waals surface area contributed by atoms with E-state index in [1.807, 2.05) is 12.1 Å². The minimum atomic E-state index is 0.500. The molecule has 1 aromatic heterocycles. The summed E-state index contributed by atoms with van der Waals surface area (Å²) in [6.07, 6.45) is 0. The van der Waals surface area contributed by atoms with Crippen LogP contribution in [0, 0.1) is 5.92 Å². The molecule has 0 radical (unpaired) electrons. The quantitative estimate of drug-likeness (QED) is 0.916. The van der Waals surface area contributed by atoms with Gasteiger partial charge in [0.05, 0.1) is 18.1 Å². The van der Waals surface area contributed by atoms with Gasteiger partial charge < -0.3 is 14.6 Å². The average molecular weight is 259 g/mol. The van der Waals surface area contributed by atoms with Gasteiger partial charge in [-0.2, -0.15) is 0 Å². The van der Waals surface area contributed by atoms with E-state index in [2.05, 4.69) is 29.8 Å². The van der Waals surface area contributed by atoms with E-state index in [1.165, 1.54) is 11.3 Å². The third kappa shape index (κ3) is 2.00. The molecule has 1 aliphatic heterocycles. The van der Waals surface area contributed by atoms with Crippen LogP contribution in [0.5, 0.6) is 5.75 Å². The number of ether oxygens (including phenoxy) is 1. The van der Waals surface area contributed by atoms with Gasteiger partial charge in [-0.3, -0.25) is 0 Å². The van der Waals surface area contributed by atoms with Crippen molar-refractivity contribution >= 4 is 11.0 Å². The number of rotatable bonds is 4. The van der Waals surface area contributed by atoms with Crippen LogP contribution in [-0.4, -0.2) is 29.8 Å². The van der Waals surface area contributed by atoms with E-state index in [4.69, 9.17) is 9.72 Å². The molecule has 0 bridgehead atoms. The predicted octanol–water partition coefficient (Wildman–Crippen LogP) is 2.39. The van der Waals surface area contributed by atoms with Gasteiger partial charge in [0.25, 0.3) is 0 Å². The second-order valence-electron chi connectivity index (χ2n) is 5.28. The van der Waals surface area contributed by atoms with Crippen molar-refractivity contribution in [1.82, 2.24) is 14.9 Å². The Balaban J connectivity index is 2.07. The molecule has 1 aromatic carbocycles.